The molecule has 48 valence electrons. The summed E-state index contributed by atoms with van der Waals surface area (Å²) < 4.78 is 12.3. The first kappa shape index (κ1) is 6.96. The van der Waals surface area contributed by atoms with Gasteiger partial charge in [0.1, 0.15) is 5.82 Å². The van der Waals surface area contributed by atoms with Crippen LogP contribution in [0.25, 0.3) is 0 Å². The van der Waals surface area contributed by atoms with Gasteiger partial charge in [0.05, 0.1) is 0 Å². The molecule has 0 aromatic heterocycles. The van der Waals surface area contributed by atoms with Crippen molar-refractivity contribution in [2.24, 2.45) is 0 Å². The van der Waals surface area contributed by atoms with Gasteiger partial charge in [-0.15, -0.1) is 11.7 Å². The second kappa shape index (κ2) is 3.13. The molecule has 0 bridgehead atoms. The summed E-state index contributed by atoms with van der Waals surface area (Å²) in [6.45, 7) is 0. The van der Waals surface area contributed by atoms with Gasteiger partial charge in [-0.05, 0) is 18.2 Å². The largest absolute Gasteiger partial charge is 0.207 e. The Morgan fingerprint density at radius 2 is 2.22 bits per heavy atom. The lowest BCUT2D eigenvalue weighted by Crippen LogP contribution is -1.70. The minimum atomic E-state index is -0.214. The van der Waals surface area contributed by atoms with E-state index in [1.807, 2.05) is 0 Å². The summed E-state index contributed by atoms with van der Waals surface area (Å²) in [4.78, 5) is 0.832. The predicted octanol–water partition coefficient (Wildman–Crippen LogP) is 2.76. The van der Waals surface area contributed by atoms with Crippen molar-refractivity contribution in [2.75, 3.05) is 0 Å². The lowest BCUT2D eigenvalue weighted by Gasteiger charge is -1.91. The van der Waals surface area contributed by atoms with Crippen molar-refractivity contribution in [1.82, 2.24) is 0 Å². The molecule has 3 heteroatoms. The van der Waals surface area contributed by atoms with E-state index < -0.39 is 0 Å². The first-order valence-electron chi connectivity index (χ1n) is 2.40. The molecule has 0 aliphatic carbocycles. The van der Waals surface area contributed by atoms with Crippen LogP contribution in [0.1, 0.15) is 0 Å². The Kier molecular flexibility index (Phi) is 2.42. The Labute approximate surface area is 62.3 Å². The number of benzene rings is 1. The van der Waals surface area contributed by atoms with E-state index in [9.17, 15) is 4.39 Å². The summed E-state index contributed by atoms with van der Waals surface area (Å²) in [5.41, 5.74) is 0. The Morgan fingerprint density at radius 3 is 2.67 bits per heavy atom. The maximum atomic E-state index is 12.3. The highest BCUT2D eigenvalue weighted by Crippen LogP contribution is 2.20. The molecule has 0 saturated carbocycles. The van der Waals surface area contributed by atoms with Crippen LogP contribution in [0.2, 0.25) is 0 Å². The normalized spacial score (nSPS) is 9.56. The molecular weight excluding hydrogens is 155 g/mol. The first-order chi connectivity index (χ1) is 4.33. The molecule has 0 atom stereocenters. The monoisotopic (exact) mass is 160 g/mol. The summed E-state index contributed by atoms with van der Waals surface area (Å²) in [6.07, 6.45) is 0. The van der Waals surface area contributed by atoms with Crippen molar-refractivity contribution in [2.45, 2.75) is 4.90 Å². The Hall–Kier alpha value is -0.150. The standard InChI is InChI=1S/C6H5FS2/c7-5-2-1-3-6(4-5)9-8/h1-4,8H. The molecule has 1 aromatic carbocycles. The van der Waals surface area contributed by atoms with E-state index in [1.54, 1.807) is 12.1 Å². The highest BCUT2D eigenvalue weighted by Gasteiger charge is 1.90. The third-order valence-corrected chi connectivity index (χ3v) is 2.00. The third kappa shape index (κ3) is 1.91. The van der Waals surface area contributed by atoms with E-state index in [4.69, 9.17) is 0 Å². The van der Waals surface area contributed by atoms with Crippen LogP contribution in [0.3, 0.4) is 0 Å². The molecule has 0 aliphatic heterocycles. The van der Waals surface area contributed by atoms with E-state index >= 15 is 0 Å². The lowest BCUT2D eigenvalue weighted by molar-refractivity contribution is 0.624. The van der Waals surface area contributed by atoms with Crippen molar-refractivity contribution in [3.05, 3.63) is 30.1 Å². The van der Waals surface area contributed by atoms with Crippen molar-refractivity contribution in [3.63, 3.8) is 0 Å². The minimum absolute atomic E-state index is 0.214. The predicted molar refractivity (Wildman–Crippen MR) is 41.2 cm³/mol. The lowest BCUT2D eigenvalue weighted by atomic mass is 10.4. The molecule has 9 heavy (non-hydrogen) atoms. The Morgan fingerprint density at radius 1 is 1.44 bits per heavy atom. The Bertz CT molecular complexity index is 200. The minimum Gasteiger partial charge on any atom is -0.207 e. The zero-order valence-corrected chi connectivity index (χ0v) is 6.25. The van der Waals surface area contributed by atoms with Crippen molar-refractivity contribution < 1.29 is 4.39 Å². The second-order valence-corrected chi connectivity index (χ2v) is 2.75. The quantitative estimate of drug-likeness (QED) is 0.487. The van der Waals surface area contributed by atoms with Gasteiger partial charge in [0.2, 0.25) is 0 Å². The van der Waals surface area contributed by atoms with E-state index in [0.717, 1.165) is 4.90 Å². The van der Waals surface area contributed by atoms with Crippen LogP contribution in [-0.4, -0.2) is 0 Å². The topological polar surface area (TPSA) is 0 Å². The maximum Gasteiger partial charge on any atom is 0.124 e. The average molecular weight is 160 g/mol. The smallest absolute Gasteiger partial charge is 0.124 e. The summed E-state index contributed by atoms with van der Waals surface area (Å²) in [5.74, 6) is -0.214. The van der Waals surface area contributed by atoms with E-state index in [0.29, 0.717) is 0 Å². The van der Waals surface area contributed by atoms with Crippen LogP contribution in [0, 0.1) is 5.82 Å². The molecule has 0 heterocycles. The molecule has 0 unspecified atom stereocenters. The van der Waals surface area contributed by atoms with Crippen molar-refractivity contribution >= 4 is 22.5 Å². The fraction of sp³-hybridized carbons (Fsp3) is 0. The maximum absolute atomic E-state index is 12.3. The second-order valence-electron chi connectivity index (χ2n) is 1.55. The molecule has 1 aromatic rings. The molecule has 0 N–H and O–H groups in total. The van der Waals surface area contributed by atoms with Crippen LogP contribution < -0.4 is 0 Å². The number of hydrogen-bond donors (Lipinski definition) is 1. The van der Waals surface area contributed by atoms with Crippen LogP contribution in [0.5, 0.6) is 0 Å². The summed E-state index contributed by atoms with van der Waals surface area (Å²) in [5, 5.41) is 0. The number of rotatable bonds is 1. The van der Waals surface area contributed by atoms with Crippen LogP contribution in [0.15, 0.2) is 29.2 Å². The molecular formula is C6H5FS2. The third-order valence-electron chi connectivity index (χ3n) is 0.901. The molecule has 0 radical (unpaired) electrons. The molecule has 0 saturated heterocycles. The van der Waals surface area contributed by atoms with E-state index in [1.165, 1.54) is 22.9 Å². The van der Waals surface area contributed by atoms with Crippen LogP contribution in [0.4, 0.5) is 4.39 Å². The summed E-state index contributed by atoms with van der Waals surface area (Å²) >= 11 is 3.91. The van der Waals surface area contributed by atoms with Gasteiger partial charge in [-0.3, -0.25) is 0 Å². The molecule has 0 aliphatic rings. The fourth-order valence-corrected chi connectivity index (χ4v) is 1.17. The van der Waals surface area contributed by atoms with Gasteiger partial charge in [0.15, 0.2) is 0 Å². The zero-order chi connectivity index (χ0) is 6.69. The average Bonchev–Trinajstić information content (AvgIpc) is 1.88. The van der Waals surface area contributed by atoms with Gasteiger partial charge in [-0.25, -0.2) is 4.39 Å². The molecule has 0 spiro atoms. The fourth-order valence-electron chi connectivity index (χ4n) is 0.524. The van der Waals surface area contributed by atoms with Gasteiger partial charge >= 0.3 is 0 Å². The highest BCUT2D eigenvalue weighted by atomic mass is 33.1. The number of hydrogen-bond acceptors (Lipinski definition) is 2. The van der Waals surface area contributed by atoms with Gasteiger partial charge in [-0.2, -0.15) is 0 Å². The van der Waals surface area contributed by atoms with Crippen molar-refractivity contribution in [1.29, 1.82) is 0 Å². The van der Waals surface area contributed by atoms with Crippen molar-refractivity contribution in [3.8, 4) is 0 Å². The van der Waals surface area contributed by atoms with Crippen LogP contribution in [-0.2, 0) is 0 Å². The highest BCUT2D eigenvalue weighted by molar-refractivity contribution is 8.68. The van der Waals surface area contributed by atoms with Gasteiger partial charge in [0.25, 0.3) is 0 Å². The van der Waals surface area contributed by atoms with E-state index in [-0.39, 0.29) is 5.82 Å². The number of thiol groups is 1. The first-order valence-corrected chi connectivity index (χ1v) is 4.27. The number of halogens is 1. The summed E-state index contributed by atoms with van der Waals surface area (Å²) in [7, 11) is 1.24. The Balaban J connectivity index is 2.94. The molecule has 0 fully saturated rings. The molecule has 1 rings (SSSR count). The van der Waals surface area contributed by atoms with Gasteiger partial charge in [0, 0.05) is 4.90 Å². The van der Waals surface area contributed by atoms with Gasteiger partial charge in [-0.1, -0.05) is 16.9 Å². The zero-order valence-electron chi connectivity index (χ0n) is 4.54. The SMILES string of the molecule is Fc1cccc(SS)c1. The molecule has 0 amide bonds. The van der Waals surface area contributed by atoms with Crippen LogP contribution >= 0.6 is 22.5 Å². The molecule has 0 nitrogen and oxygen atoms in total. The van der Waals surface area contributed by atoms with E-state index in [2.05, 4.69) is 11.7 Å². The van der Waals surface area contributed by atoms with Gasteiger partial charge < -0.3 is 0 Å². The summed E-state index contributed by atoms with van der Waals surface area (Å²) in [6, 6.07) is 6.32.